The summed E-state index contributed by atoms with van der Waals surface area (Å²) < 4.78 is 5.68. The molecule has 0 aliphatic heterocycles. The van der Waals surface area contributed by atoms with Crippen LogP contribution in [0.25, 0.3) is 0 Å². The Bertz CT molecular complexity index is 544. The molecular formula is C18H24BrNO3. The number of methoxy groups -OCH3 is 1. The van der Waals surface area contributed by atoms with E-state index in [0.717, 1.165) is 23.7 Å². The highest BCUT2D eigenvalue weighted by Gasteiger charge is 2.31. The number of amides is 1. The van der Waals surface area contributed by atoms with Crippen LogP contribution >= 0.6 is 15.9 Å². The molecule has 1 fully saturated rings. The third-order valence-electron chi connectivity index (χ3n) is 4.60. The van der Waals surface area contributed by atoms with Crippen molar-refractivity contribution in [3.8, 4) is 0 Å². The molecule has 2 rings (SSSR count). The molecule has 0 N–H and O–H groups in total. The number of carbonyl (C=O) groups excluding carboxylic acids is 2. The number of ether oxygens (including phenoxy) is 1. The lowest BCUT2D eigenvalue weighted by Crippen LogP contribution is -2.46. The number of rotatable bonds is 5. The predicted molar refractivity (Wildman–Crippen MR) is 93.2 cm³/mol. The molecule has 0 radical (unpaired) electrons. The lowest BCUT2D eigenvalue weighted by atomic mass is 9.84. The van der Waals surface area contributed by atoms with Gasteiger partial charge in [0.25, 0.3) is 5.91 Å². The summed E-state index contributed by atoms with van der Waals surface area (Å²) in [7, 11) is 1.38. The summed E-state index contributed by atoms with van der Waals surface area (Å²) in [6.45, 7) is 2.61. The van der Waals surface area contributed by atoms with E-state index in [1.54, 1.807) is 0 Å². The number of hydrogen-bond acceptors (Lipinski definition) is 3. The Labute approximate surface area is 146 Å². The van der Waals surface area contributed by atoms with Gasteiger partial charge in [0.05, 0.1) is 13.5 Å². The van der Waals surface area contributed by atoms with E-state index in [9.17, 15) is 9.59 Å². The molecule has 1 saturated carbocycles. The number of benzene rings is 1. The maximum Gasteiger partial charge on any atom is 0.307 e. The Kier molecular flexibility index (Phi) is 6.63. The second-order valence-corrected chi connectivity index (χ2v) is 7.08. The number of esters is 1. The first kappa shape index (κ1) is 18.0. The predicted octanol–water partition coefficient (Wildman–Crippen LogP) is 4.03. The largest absolute Gasteiger partial charge is 0.469 e. The first-order valence-corrected chi connectivity index (χ1v) is 8.95. The van der Waals surface area contributed by atoms with Crippen molar-refractivity contribution in [3.63, 3.8) is 0 Å². The highest BCUT2D eigenvalue weighted by Crippen LogP contribution is 2.29. The van der Waals surface area contributed by atoms with Crippen LogP contribution in [0.4, 0.5) is 0 Å². The lowest BCUT2D eigenvalue weighted by Gasteiger charge is -2.38. The van der Waals surface area contributed by atoms with E-state index < -0.39 is 0 Å². The lowest BCUT2D eigenvalue weighted by molar-refractivity contribution is -0.141. The smallest absolute Gasteiger partial charge is 0.307 e. The molecule has 1 aliphatic rings. The maximum absolute atomic E-state index is 13.0. The van der Waals surface area contributed by atoms with E-state index in [2.05, 4.69) is 22.9 Å². The topological polar surface area (TPSA) is 46.6 Å². The minimum absolute atomic E-state index is 0.000142. The van der Waals surface area contributed by atoms with E-state index in [0.29, 0.717) is 18.0 Å². The quantitative estimate of drug-likeness (QED) is 0.723. The van der Waals surface area contributed by atoms with Crippen LogP contribution < -0.4 is 0 Å². The molecule has 2 unspecified atom stereocenters. The molecule has 23 heavy (non-hydrogen) atoms. The first-order valence-electron chi connectivity index (χ1n) is 8.16. The summed E-state index contributed by atoms with van der Waals surface area (Å²) in [5.41, 5.74) is 0.663. The van der Waals surface area contributed by atoms with Gasteiger partial charge < -0.3 is 9.64 Å². The summed E-state index contributed by atoms with van der Waals surface area (Å²) in [5.74, 6) is 0.183. The monoisotopic (exact) mass is 381 g/mol. The minimum Gasteiger partial charge on any atom is -0.469 e. The van der Waals surface area contributed by atoms with Crippen LogP contribution in [-0.2, 0) is 9.53 Å². The molecule has 0 aromatic heterocycles. The Morgan fingerprint density at radius 1 is 1.22 bits per heavy atom. The van der Waals surface area contributed by atoms with Crippen molar-refractivity contribution < 1.29 is 14.3 Å². The third kappa shape index (κ3) is 4.80. The van der Waals surface area contributed by atoms with E-state index in [1.807, 2.05) is 29.2 Å². The summed E-state index contributed by atoms with van der Waals surface area (Å²) in [6.07, 6.45) is 4.73. The van der Waals surface area contributed by atoms with Crippen molar-refractivity contribution in [2.45, 2.75) is 45.1 Å². The highest BCUT2D eigenvalue weighted by molar-refractivity contribution is 9.10. The van der Waals surface area contributed by atoms with Crippen LogP contribution in [0, 0.1) is 5.92 Å². The van der Waals surface area contributed by atoms with E-state index in [1.165, 1.54) is 13.5 Å². The normalized spacial score (nSPS) is 20.8. The van der Waals surface area contributed by atoms with Crippen molar-refractivity contribution in [2.24, 2.45) is 5.92 Å². The molecule has 0 spiro atoms. The zero-order valence-electron chi connectivity index (χ0n) is 13.8. The third-order valence-corrected chi connectivity index (χ3v) is 5.13. The van der Waals surface area contributed by atoms with Gasteiger partial charge in [0.2, 0.25) is 0 Å². The van der Waals surface area contributed by atoms with Gasteiger partial charge in [-0.1, -0.05) is 35.7 Å². The summed E-state index contributed by atoms with van der Waals surface area (Å²) in [5, 5.41) is 0. The highest BCUT2D eigenvalue weighted by atomic mass is 79.9. The maximum atomic E-state index is 13.0. The molecule has 126 valence electrons. The van der Waals surface area contributed by atoms with Crippen molar-refractivity contribution in [1.29, 1.82) is 0 Å². The molecule has 0 saturated heterocycles. The van der Waals surface area contributed by atoms with Gasteiger partial charge in [-0.3, -0.25) is 9.59 Å². The molecular weight excluding hydrogens is 358 g/mol. The molecule has 2 atom stereocenters. The fourth-order valence-electron chi connectivity index (χ4n) is 3.25. The van der Waals surface area contributed by atoms with Crippen LogP contribution in [0.2, 0.25) is 0 Å². The van der Waals surface area contributed by atoms with Gasteiger partial charge in [-0.25, -0.2) is 0 Å². The number of hydrogen-bond donors (Lipinski definition) is 0. The van der Waals surface area contributed by atoms with Crippen molar-refractivity contribution in [2.75, 3.05) is 13.7 Å². The summed E-state index contributed by atoms with van der Waals surface area (Å²) in [6, 6.07) is 7.59. The van der Waals surface area contributed by atoms with Crippen LogP contribution in [-0.4, -0.2) is 36.5 Å². The van der Waals surface area contributed by atoms with E-state index in [-0.39, 0.29) is 24.3 Å². The average Bonchev–Trinajstić information content (AvgIpc) is 2.56. The van der Waals surface area contributed by atoms with Gasteiger partial charge in [0, 0.05) is 22.6 Å². The van der Waals surface area contributed by atoms with Crippen LogP contribution in [0.1, 0.15) is 49.4 Å². The number of nitrogens with zero attached hydrogens (tertiary/aromatic N) is 1. The second-order valence-electron chi connectivity index (χ2n) is 6.16. The Morgan fingerprint density at radius 2 is 1.87 bits per heavy atom. The van der Waals surface area contributed by atoms with Gasteiger partial charge in [-0.05, 0) is 43.0 Å². The summed E-state index contributed by atoms with van der Waals surface area (Å²) >= 11 is 3.39. The van der Waals surface area contributed by atoms with Gasteiger partial charge in [0.1, 0.15) is 0 Å². The molecule has 1 aliphatic carbocycles. The van der Waals surface area contributed by atoms with Crippen molar-refractivity contribution >= 4 is 27.8 Å². The number of carbonyl (C=O) groups is 2. The van der Waals surface area contributed by atoms with Crippen LogP contribution in [0.15, 0.2) is 28.7 Å². The fraction of sp³-hybridized carbons (Fsp3) is 0.556. The zero-order valence-corrected chi connectivity index (χ0v) is 15.3. The van der Waals surface area contributed by atoms with Crippen LogP contribution in [0.3, 0.4) is 0 Å². The van der Waals surface area contributed by atoms with E-state index >= 15 is 0 Å². The van der Waals surface area contributed by atoms with E-state index in [4.69, 9.17) is 4.74 Å². The Morgan fingerprint density at radius 3 is 2.48 bits per heavy atom. The van der Waals surface area contributed by atoms with Gasteiger partial charge in [-0.15, -0.1) is 0 Å². The second kappa shape index (κ2) is 8.48. The standard InChI is InChI=1S/C18H24BrNO3/c1-13-5-3-4-6-16(13)20(12-11-17(21)23-2)18(22)14-7-9-15(19)10-8-14/h7-10,13,16H,3-6,11-12H2,1-2H3. The van der Waals surface area contributed by atoms with Gasteiger partial charge in [0.15, 0.2) is 0 Å². The summed E-state index contributed by atoms with van der Waals surface area (Å²) in [4.78, 5) is 26.4. The first-order chi connectivity index (χ1) is 11.0. The Balaban J connectivity index is 2.18. The molecule has 1 amide bonds. The van der Waals surface area contributed by atoms with Crippen molar-refractivity contribution in [1.82, 2.24) is 4.90 Å². The molecule has 1 aromatic rings. The molecule has 0 bridgehead atoms. The van der Waals surface area contributed by atoms with Gasteiger partial charge >= 0.3 is 5.97 Å². The minimum atomic E-state index is -0.276. The van der Waals surface area contributed by atoms with Gasteiger partial charge in [-0.2, -0.15) is 0 Å². The van der Waals surface area contributed by atoms with Crippen LogP contribution in [0.5, 0.6) is 0 Å². The zero-order chi connectivity index (χ0) is 16.8. The molecule has 5 heteroatoms. The molecule has 0 heterocycles. The average molecular weight is 382 g/mol. The number of halogens is 1. The fourth-order valence-corrected chi connectivity index (χ4v) is 3.51. The SMILES string of the molecule is COC(=O)CCN(C(=O)c1ccc(Br)cc1)C1CCCCC1C. The van der Waals surface area contributed by atoms with Crippen molar-refractivity contribution in [3.05, 3.63) is 34.3 Å². The molecule has 1 aromatic carbocycles. The molecule has 4 nitrogen and oxygen atoms in total. The Hall–Kier alpha value is -1.36.